The standard InChI is InChI=1S/C51H32N2O2/c1-3-15-39-33(11-1)13-7-18-40(39)35-25-29-37(30-26-35)53(46-22-8-14-34-12-2-4-16-41(34)46)38-31-27-36(28-32-38)42-19-9-21-45-50(42)55-51(52-45)44-20-10-24-48-49(44)43-17-5-6-23-47(43)54-48/h1-32H. The van der Waals surface area contributed by atoms with Gasteiger partial charge in [0.25, 0.3) is 0 Å². The van der Waals surface area contributed by atoms with E-state index in [-0.39, 0.29) is 0 Å². The maximum absolute atomic E-state index is 6.64. The monoisotopic (exact) mass is 704 g/mol. The number of nitrogens with zero attached hydrogens (tertiary/aromatic N) is 2. The summed E-state index contributed by atoms with van der Waals surface area (Å²) in [5.74, 6) is 0.574. The highest BCUT2D eigenvalue weighted by molar-refractivity contribution is 6.12. The van der Waals surface area contributed by atoms with E-state index in [0.29, 0.717) is 5.89 Å². The minimum absolute atomic E-state index is 0.574. The predicted octanol–water partition coefficient (Wildman–Crippen LogP) is 14.5. The summed E-state index contributed by atoms with van der Waals surface area (Å²) in [5.41, 5.74) is 11.8. The second kappa shape index (κ2) is 12.6. The Morgan fingerprint density at radius 2 is 0.927 bits per heavy atom. The number of para-hydroxylation sites is 2. The third-order valence-electron chi connectivity index (χ3n) is 10.7. The molecule has 258 valence electrons. The normalized spacial score (nSPS) is 11.6. The van der Waals surface area contributed by atoms with Gasteiger partial charge in [-0.25, -0.2) is 4.98 Å². The maximum Gasteiger partial charge on any atom is 0.228 e. The summed E-state index contributed by atoms with van der Waals surface area (Å²) in [5, 5.41) is 6.93. The first kappa shape index (κ1) is 31.1. The van der Waals surface area contributed by atoms with E-state index < -0.39 is 0 Å². The smallest absolute Gasteiger partial charge is 0.228 e. The number of aromatic nitrogens is 1. The van der Waals surface area contributed by atoms with E-state index in [0.717, 1.165) is 66.8 Å². The predicted molar refractivity (Wildman–Crippen MR) is 227 cm³/mol. The number of oxazole rings is 1. The molecule has 2 heterocycles. The lowest BCUT2D eigenvalue weighted by Gasteiger charge is -2.27. The summed E-state index contributed by atoms with van der Waals surface area (Å²) in [4.78, 5) is 7.34. The Morgan fingerprint density at radius 1 is 0.382 bits per heavy atom. The molecule has 11 aromatic rings. The molecule has 0 amide bonds. The summed E-state index contributed by atoms with van der Waals surface area (Å²) in [6.07, 6.45) is 0. The molecule has 0 bridgehead atoms. The van der Waals surface area contributed by atoms with Gasteiger partial charge in [0.1, 0.15) is 16.7 Å². The lowest BCUT2D eigenvalue weighted by Crippen LogP contribution is -2.10. The number of hydrogen-bond acceptors (Lipinski definition) is 4. The molecule has 0 saturated carbocycles. The van der Waals surface area contributed by atoms with Gasteiger partial charge in [0.2, 0.25) is 5.89 Å². The van der Waals surface area contributed by atoms with Crippen LogP contribution in [-0.4, -0.2) is 4.98 Å². The van der Waals surface area contributed by atoms with Gasteiger partial charge in [0.05, 0.1) is 5.69 Å². The maximum atomic E-state index is 6.64. The van der Waals surface area contributed by atoms with Gasteiger partial charge in [0, 0.05) is 38.7 Å². The van der Waals surface area contributed by atoms with Gasteiger partial charge in [-0.2, -0.15) is 0 Å². The zero-order valence-corrected chi connectivity index (χ0v) is 29.7. The Bertz CT molecular complexity index is 3200. The molecule has 0 saturated heterocycles. The summed E-state index contributed by atoms with van der Waals surface area (Å²) >= 11 is 0. The molecule has 4 heteroatoms. The summed E-state index contributed by atoms with van der Waals surface area (Å²) in [7, 11) is 0. The van der Waals surface area contributed by atoms with Crippen LogP contribution < -0.4 is 4.90 Å². The molecule has 0 N–H and O–H groups in total. The number of rotatable bonds is 6. The third kappa shape index (κ3) is 5.19. The fourth-order valence-corrected chi connectivity index (χ4v) is 8.13. The average Bonchev–Trinajstić information content (AvgIpc) is 3.87. The van der Waals surface area contributed by atoms with Crippen LogP contribution in [0.5, 0.6) is 0 Å². The van der Waals surface area contributed by atoms with E-state index in [1.165, 1.54) is 32.7 Å². The molecular weight excluding hydrogens is 673 g/mol. The van der Waals surface area contributed by atoms with Crippen LogP contribution in [0.1, 0.15) is 0 Å². The highest BCUT2D eigenvalue weighted by Gasteiger charge is 2.20. The Balaban J connectivity index is 1.01. The molecule has 0 unspecified atom stereocenters. The van der Waals surface area contributed by atoms with Crippen molar-refractivity contribution < 1.29 is 8.83 Å². The van der Waals surface area contributed by atoms with Gasteiger partial charge in [0.15, 0.2) is 5.58 Å². The van der Waals surface area contributed by atoms with Crippen molar-refractivity contribution in [2.24, 2.45) is 0 Å². The SMILES string of the molecule is c1ccc2c(-c3ccc(N(c4ccc(-c5cccc6nc(-c7cccc8oc9ccccc9c78)oc56)cc4)c4cccc5ccccc45)cc3)cccc2c1. The molecule has 0 aliphatic heterocycles. The summed E-state index contributed by atoms with van der Waals surface area (Å²) in [6.45, 7) is 0. The minimum atomic E-state index is 0.574. The molecule has 4 nitrogen and oxygen atoms in total. The van der Waals surface area contributed by atoms with E-state index in [1.807, 2.05) is 42.5 Å². The van der Waals surface area contributed by atoms with Crippen molar-refractivity contribution in [2.75, 3.05) is 4.90 Å². The Labute approximate surface area is 317 Å². The first-order valence-electron chi connectivity index (χ1n) is 18.5. The second-order valence-electron chi connectivity index (χ2n) is 13.9. The molecule has 11 rings (SSSR count). The van der Waals surface area contributed by atoms with Crippen LogP contribution in [0.3, 0.4) is 0 Å². The van der Waals surface area contributed by atoms with Gasteiger partial charge in [-0.15, -0.1) is 0 Å². The van der Waals surface area contributed by atoms with Gasteiger partial charge >= 0.3 is 0 Å². The average molecular weight is 705 g/mol. The summed E-state index contributed by atoms with van der Waals surface area (Å²) in [6, 6.07) is 68.2. The van der Waals surface area contributed by atoms with E-state index in [4.69, 9.17) is 13.8 Å². The van der Waals surface area contributed by atoms with Crippen LogP contribution in [0.15, 0.2) is 203 Å². The first-order chi connectivity index (χ1) is 27.3. The molecule has 0 radical (unpaired) electrons. The van der Waals surface area contributed by atoms with Gasteiger partial charge < -0.3 is 13.7 Å². The van der Waals surface area contributed by atoms with Crippen molar-refractivity contribution in [3.63, 3.8) is 0 Å². The molecule has 0 aliphatic rings. The highest BCUT2D eigenvalue weighted by Crippen LogP contribution is 2.42. The van der Waals surface area contributed by atoms with Crippen LogP contribution >= 0.6 is 0 Å². The van der Waals surface area contributed by atoms with Gasteiger partial charge in [-0.05, 0) is 87.4 Å². The van der Waals surface area contributed by atoms with Crippen LogP contribution in [0.25, 0.3) is 88.3 Å². The van der Waals surface area contributed by atoms with Crippen LogP contribution in [0.4, 0.5) is 17.1 Å². The quantitative estimate of drug-likeness (QED) is 0.173. The Morgan fingerprint density at radius 3 is 1.71 bits per heavy atom. The molecule has 0 fully saturated rings. The number of fused-ring (bicyclic) bond motifs is 6. The fourth-order valence-electron chi connectivity index (χ4n) is 8.13. The van der Waals surface area contributed by atoms with Gasteiger partial charge in [-0.1, -0.05) is 140 Å². The molecule has 0 spiro atoms. The topological polar surface area (TPSA) is 42.4 Å². The Kier molecular flexibility index (Phi) is 7.14. The van der Waals surface area contributed by atoms with Crippen LogP contribution in [-0.2, 0) is 0 Å². The molecule has 0 atom stereocenters. The van der Waals surface area contributed by atoms with Crippen LogP contribution in [0, 0.1) is 0 Å². The minimum Gasteiger partial charge on any atom is -0.456 e. The van der Waals surface area contributed by atoms with Crippen molar-refractivity contribution in [1.82, 2.24) is 4.98 Å². The van der Waals surface area contributed by atoms with Gasteiger partial charge in [-0.3, -0.25) is 0 Å². The molecule has 2 aromatic heterocycles. The molecule has 55 heavy (non-hydrogen) atoms. The number of furan rings is 1. The molecule has 0 aliphatic carbocycles. The first-order valence-corrected chi connectivity index (χ1v) is 18.5. The highest BCUT2D eigenvalue weighted by atomic mass is 16.4. The van der Waals surface area contributed by atoms with Crippen molar-refractivity contribution >= 4 is 71.6 Å². The van der Waals surface area contributed by atoms with Crippen molar-refractivity contribution in [1.29, 1.82) is 0 Å². The zero-order chi connectivity index (χ0) is 36.3. The zero-order valence-electron chi connectivity index (χ0n) is 29.7. The number of hydrogen-bond donors (Lipinski definition) is 0. The largest absolute Gasteiger partial charge is 0.456 e. The Hall–Kier alpha value is -7.43. The second-order valence-corrected chi connectivity index (χ2v) is 13.9. The van der Waals surface area contributed by atoms with E-state index >= 15 is 0 Å². The lowest BCUT2D eigenvalue weighted by atomic mass is 9.98. The van der Waals surface area contributed by atoms with Crippen molar-refractivity contribution in [3.8, 4) is 33.7 Å². The fraction of sp³-hybridized carbons (Fsp3) is 0. The molecular formula is C51H32N2O2. The summed E-state index contributed by atoms with van der Waals surface area (Å²) < 4.78 is 12.8. The number of anilines is 3. The van der Waals surface area contributed by atoms with Crippen LogP contribution in [0.2, 0.25) is 0 Å². The van der Waals surface area contributed by atoms with E-state index in [1.54, 1.807) is 0 Å². The van der Waals surface area contributed by atoms with Crippen molar-refractivity contribution in [3.05, 3.63) is 194 Å². The lowest BCUT2D eigenvalue weighted by molar-refractivity contribution is 0.621. The third-order valence-corrected chi connectivity index (χ3v) is 10.7. The number of benzene rings is 9. The molecule has 9 aromatic carbocycles. The van der Waals surface area contributed by atoms with E-state index in [2.05, 4.69) is 157 Å². The van der Waals surface area contributed by atoms with Crippen molar-refractivity contribution in [2.45, 2.75) is 0 Å². The van der Waals surface area contributed by atoms with E-state index in [9.17, 15) is 0 Å².